The predicted octanol–water partition coefficient (Wildman–Crippen LogP) is 4.38. The van der Waals surface area contributed by atoms with Gasteiger partial charge in [0.25, 0.3) is 0 Å². The molecule has 1 N–H and O–H groups in total. The van der Waals surface area contributed by atoms with Gasteiger partial charge in [-0.25, -0.2) is 8.42 Å². The molecule has 2 atom stereocenters. The molecule has 3 rings (SSSR count). The summed E-state index contributed by atoms with van der Waals surface area (Å²) < 4.78 is 29.7. The molecule has 1 fully saturated rings. The van der Waals surface area contributed by atoms with Crippen LogP contribution < -0.4 is 4.74 Å². The Morgan fingerprint density at radius 3 is 2.57 bits per heavy atom. The lowest BCUT2D eigenvalue weighted by Crippen LogP contribution is -2.42. The van der Waals surface area contributed by atoms with Crippen molar-refractivity contribution in [2.24, 2.45) is 0 Å². The molecule has 1 saturated heterocycles. The van der Waals surface area contributed by atoms with E-state index in [9.17, 15) is 13.5 Å². The lowest BCUT2D eigenvalue weighted by atomic mass is 10.1. The number of sulfone groups is 1. The lowest BCUT2D eigenvalue weighted by Gasteiger charge is -2.30. The number of hydrogen-bond donors (Lipinski definition) is 1. The Bertz CT molecular complexity index is 1000. The van der Waals surface area contributed by atoms with Crippen molar-refractivity contribution in [2.75, 3.05) is 24.7 Å². The van der Waals surface area contributed by atoms with Crippen LogP contribution >= 0.6 is 34.8 Å². The number of nitrogens with zero attached hydrogens (tertiary/aromatic N) is 1. The Kier molecular flexibility index (Phi) is 7.93. The number of halogens is 3. The molecule has 0 saturated carbocycles. The Labute approximate surface area is 192 Å². The normalized spacial score (nSPS) is 19.2. The first-order valence-electron chi connectivity index (χ1n) is 9.58. The van der Waals surface area contributed by atoms with Gasteiger partial charge in [-0.3, -0.25) is 4.90 Å². The van der Waals surface area contributed by atoms with Gasteiger partial charge in [-0.2, -0.15) is 0 Å². The van der Waals surface area contributed by atoms with Crippen molar-refractivity contribution in [2.45, 2.75) is 32.0 Å². The van der Waals surface area contributed by atoms with Gasteiger partial charge in [-0.05, 0) is 54.8 Å². The Hall–Kier alpha value is -1.02. The summed E-state index contributed by atoms with van der Waals surface area (Å²) in [5.74, 6) is 0.841. The molecule has 0 bridgehead atoms. The topological polar surface area (TPSA) is 66.8 Å². The van der Waals surface area contributed by atoms with E-state index in [-0.39, 0.29) is 30.7 Å². The highest BCUT2D eigenvalue weighted by Crippen LogP contribution is 2.26. The van der Waals surface area contributed by atoms with Gasteiger partial charge in [0, 0.05) is 34.2 Å². The Balaban J connectivity index is 1.68. The summed E-state index contributed by atoms with van der Waals surface area (Å²) in [6.07, 6.45) is -0.285. The fourth-order valence-corrected chi connectivity index (χ4v) is 5.84. The zero-order chi connectivity index (χ0) is 21.9. The quantitative estimate of drug-likeness (QED) is 0.592. The SMILES string of the molecule is Cc1cc(OCC(O)CN(Cc2ccc(Cl)cc2Cl)C2CCS(=O)(=O)C2)ccc1Cl. The van der Waals surface area contributed by atoms with Crippen LogP contribution in [0, 0.1) is 6.92 Å². The van der Waals surface area contributed by atoms with E-state index in [2.05, 4.69) is 0 Å². The molecule has 0 amide bonds. The van der Waals surface area contributed by atoms with Crippen molar-refractivity contribution in [1.82, 2.24) is 4.90 Å². The fourth-order valence-electron chi connectivity index (χ4n) is 3.50. The van der Waals surface area contributed by atoms with E-state index in [1.54, 1.807) is 24.3 Å². The lowest BCUT2D eigenvalue weighted by molar-refractivity contribution is 0.0525. The third kappa shape index (κ3) is 6.49. The van der Waals surface area contributed by atoms with Gasteiger partial charge in [0.05, 0.1) is 11.5 Å². The summed E-state index contributed by atoms with van der Waals surface area (Å²) in [7, 11) is -3.07. The molecule has 0 radical (unpaired) electrons. The monoisotopic (exact) mass is 491 g/mol. The van der Waals surface area contributed by atoms with Gasteiger partial charge in [0.1, 0.15) is 18.5 Å². The molecule has 30 heavy (non-hydrogen) atoms. The predicted molar refractivity (Wildman–Crippen MR) is 122 cm³/mol. The average Bonchev–Trinajstić information content (AvgIpc) is 3.04. The number of rotatable bonds is 8. The van der Waals surface area contributed by atoms with E-state index in [1.165, 1.54) is 0 Å². The molecule has 2 unspecified atom stereocenters. The van der Waals surface area contributed by atoms with Crippen LogP contribution in [0.5, 0.6) is 5.75 Å². The summed E-state index contributed by atoms with van der Waals surface area (Å²) in [4.78, 5) is 1.96. The van der Waals surface area contributed by atoms with Crippen molar-refractivity contribution in [3.05, 3.63) is 62.6 Å². The van der Waals surface area contributed by atoms with Gasteiger partial charge < -0.3 is 9.84 Å². The largest absolute Gasteiger partial charge is 0.491 e. The van der Waals surface area contributed by atoms with Crippen LogP contribution in [-0.4, -0.2) is 55.2 Å². The minimum atomic E-state index is -3.07. The van der Waals surface area contributed by atoms with Crippen LogP contribution in [0.1, 0.15) is 17.5 Å². The van der Waals surface area contributed by atoms with Gasteiger partial charge in [-0.15, -0.1) is 0 Å². The summed E-state index contributed by atoms with van der Waals surface area (Å²) in [5, 5.41) is 12.3. The average molecular weight is 493 g/mol. The van der Waals surface area contributed by atoms with Gasteiger partial charge in [-0.1, -0.05) is 40.9 Å². The molecule has 2 aromatic rings. The van der Waals surface area contributed by atoms with Crippen LogP contribution in [0.25, 0.3) is 0 Å². The molecule has 1 heterocycles. The van der Waals surface area contributed by atoms with E-state index in [1.807, 2.05) is 24.0 Å². The highest BCUT2D eigenvalue weighted by molar-refractivity contribution is 7.91. The summed E-state index contributed by atoms with van der Waals surface area (Å²) in [6, 6.07) is 10.3. The number of ether oxygens (including phenoxy) is 1. The first-order valence-corrected chi connectivity index (χ1v) is 12.5. The second kappa shape index (κ2) is 10.1. The zero-order valence-electron chi connectivity index (χ0n) is 16.5. The molecule has 1 aliphatic heterocycles. The summed E-state index contributed by atoms with van der Waals surface area (Å²) in [5.41, 5.74) is 1.71. The maximum absolute atomic E-state index is 12.0. The first-order chi connectivity index (χ1) is 14.1. The first kappa shape index (κ1) is 23.6. The Morgan fingerprint density at radius 2 is 1.93 bits per heavy atom. The maximum Gasteiger partial charge on any atom is 0.151 e. The third-order valence-electron chi connectivity index (χ3n) is 5.13. The second-order valence-corrected chi connectivity index (χ2v) is 11.1. The fraction of sp³-hybridized carbons (Fsp3) is 0.429. The Morgan fingerprint density at radius 1 is 1.17 bits per heavy atom. The standard InChI is InChI=1S/C21H24Cl3NO4S/c1-14-8-19(4-5-20(14)23)29-12-18(26)11-25(17-6-7-30(27,28)13-17)10-15-2-3-16(22)9-21(15)24/h2-5,8-9,17-18,26H,6-7,10-13H2,1H3. The van der Waals surface area contributed by atoms with Gasteiger partial charge >= 0.3 is 0 Å². The van der Waals surface area contributed by atoms with Crippen LogP contribution in [0.2, 0.25) is 15.1 Å². The van der Waals surface area contributed by atoms with E-state index in [0.29, 0.717) is 33.8 Å². The molecule has 0 aliphatic carbocycles. The smallest absolute Gasteiger partial charge is 0.151 e. The minimum absolute atomic E-state index is 0.0716. The number of aliphatic hydroxyl groups is 1. The molecular formula is C21H24Cl3NO4S. The van der Waals surface area contributed by atoms with Crippen molar-refractivity contribution in [1.29, 1.82) is 0 Å². The van der Waals surface area contributed by atoms with Crippen LogP contribution in [0.15, 0.2) is 36.4 Å². The molecule has 5 nitrogen and oxygen atoms in total. The number of hydrogen-bond acceptors (Lipinski definition) is 5. The molecule has 164 valence electrons. The molecule has 0 aromatic heterocycles. The molecule has 0 spiro atoms. The number of aryl methyl sites for hydroxylation is 1. The molecule has 2 aromatic carbocycles. The minimum Gasteiger partial charge on any atom is -0.491 e. The highest BCUT2D eigenvalue weighted by Gasteiger charge is 2.33. The number of aliphatic hydroxyl groups excluding tert-OH is 1. The van der Waals surface area contributed by atoms with E-state index < -0.39 is 15.9 Å². The van der Waals surface area contributed by atoms with Gasteiger partial charge in [0.2, 0.25) is 0 Å². The van der Waals surface area contributed by atoms with Crippen LogP contribution in [0.4, 0.5) is 0 Å². The summed E-state index contributed by atoms with van der Waals surface area (Å²) in [6.45, 7) is 2.62. The van der Waals surface area contributed by atoms with Crippen molar-refractivity contribution in [3.63, 3.8) is 0 Å². The third-order valence-corrected chi connectivity index (χ3v) is 7.89. The van der Waals surface area contributed by atoms with Crippen molar-refractivity contribution in [3.8, 4) is 5.75 Å². The van der Waals surface area contributed by atoms with Crippen molar-refractivity contribution >= 4 is 44.6 Å². The maximum atomic E-state index is 12.0. The second-order valence-electron chi connectivity index (χ2n) is 7.60. The number of benzene rings is 2. The summed E-state index contributed by atoms with van der Waals surface area (Å²) >= 11 is 18.3. The van der Waals surface area contributed by atoms with E-state index >= 15 is 0 Å². The highest BCUT2D eigenvalue weighted by atomic mass is 35.5. The van der Waals surface area contributed by atoms with Gasteiger partial charge in [0.15, 0.2) is 9.84 Å². The van der Waals surface area contributed by atoms with E-state index in [0.717, 1.165) is 11.1 Å². The van der Waals surface area contributed by atoms with E-state index in [4.69, 9.17) is 39.5 Å². The van der Waals surface area contributed by atoms with Crippen molar-refractivity contribution < 1.29 is 18.3 Å². The van der Waals surface area contributed by atoms with Crippen LogP contribution in [0.3, 0.4) is 0 Å². The molecule has 9 heteroatoms. The zero-order valence-corrected chi connectivity index (χ0v) is 19.6. The molecular weight excluding hydrogens is 469 g/mol. The van der Waals surface area contributed by atoms with Crippen LogP contribution in [-0.2, 0) is 16.4 Å². The molecule has 1 aliphatic rings.